The first-order valence-corrected chi connectivity index (χ1v) is 16.6. The highest BCUT2D eigenvalue weighted by Crippen LogP contribution is 2.25. The normalized spacial score (nSPS) is 16.1. The van der Waals surface area contributed by atoms with Gasteiger partial charge in [0.25, 0.3) is 5.91 Å². The first-order chi connectivity index (χ1) is 24.8. The summed E-state index contributed by atoms with van der Waals surface area (Å²) in [6.45, 7) is 7.61. The number of carbonyl (C=O) groups is 2. The molecule has 0 spiro atoms. The third kappa shape index (κ3) is 11.9. The van der Waals surface area contributed by atoms with Gasteiger partial charge in [0, 0.05) is 42.9 Å². The molecular weight excluding hydrogens is 679 g/mol. The van der Waals surface area contributed by atoms with Crippen molar-refractivity contribution in [2.75, 3.05) is 42.3 Å². The molecule has 8 bridgehead atoms. The van der Waals surface area contributed by atoms with Crippen molar-refractivity contribution in [2.45, 2.75) is 45.8 Å². The minimum atomic E-state index is -4.60. The Morgan fingerprint density at radius 3 is 2.06 bits per heavy atom. The molecule has 12 nitrogen and oxygen atoms in total. The average molecular weight is 720 g/mol. The van der Waals surface area contributed by atoms with Crippen LogP contribution in [0.25, 0.3) is 0 Å². The molecule has 5 heterocycles. The standard InChI is InChI=1S/C37H40F3N7O5/c1-24-32(49)42-22-36(2,3)18-17-31(48)26-7-9-28(10-8-26)44-34-45-33(46-35(47-34)52-23-37(38,39)40)41-21-25-5-13-29(14-6-25)50-19-4-20-51-30-15-11-27(43-24)12-16-30/h5-16,43H,1,4,17-23H2,2-3H3,(H,42,49)(H2,41,44,45,46,47). The third-order valence-electron chi connectivity index (χ3n) is 7.82. The first kappa shape index (κ1) is 37.4. The Morgan fingerprint density at radius 2 is 1.40 bits per heavy atom. The Morgan fingerprint density at radius 1 is 0.808 bits per heavy atom. The minimum absolute atomic E-state index is 0.0122. The van der Waals surface area contributed by atoms with Crippen LogP contribution in [-0.2, 0) is 11.3 Å². The fraction of sp³-hybridized carbons (Fsp3) is 0.324. The highest BCUT2D eigenvalue weighted by atomic mass is 19.4. The van der Waals surface area contributed by atoms with Crippen LogP contribution in [0.3, 0.4) is 0 Å². The molecule has 0 unspecified atom stereocenters. The molecule has 0 radical (unpaired) electrons. The SMILES string of the molecule is C=C1Nc2ccc(cc2)OCCCOc2ccc(cc2)CNc2nc(nc(OCC(F)(F)F)n2)Nc2ccc(cc2)C(=O)CCC(C)(C)CNC1=O. The van der Waals surface area contributed by atoms with Crippen LogP contribution in [0.4, 0.5) is 36.4 Å². The summed E-state index contributed by atoms with van der Waals surface area (Å²) >= 11 is 0. The summed E-state index contributed by atoms with van der Waals surface area (Å²) in [7, 11) is 0. The molecule has 8 rings (SSSR count). The number of Topliss-reactive ketones (excluding diaryl/α,β-unsaturated/α-hetero) is 1. The fourth-order valence-electron chi connectivity index (χ4n) is 4.87. The van der Waals surface area contributed by atoms with E-state index in [4.69, 9.17) is 14.2 Å². The van der Waals surface area contributed by atoms with E-state index in [1.54, 1.807) is 60.7 Å². The zero-order valence-electron chi connectivity index (χ0n) is 28.8. The molecule has 4 aliphatic rings. The largest absolute Gasteiger partial charge is 0.493 e. The maximum Gasteiger partial charge on any atom is 0.422 e. The number of hydrogen-bond donors (Lipinski definition) is 4. The smallest absolute Gasteiger partial charge is 0.422 e. The second kappa shape index (κ2) is 16.9. The van der Waals surface area contributed by atoms with Gasteiger partial charge in [-0.1, -0.05) is 32.6 Å². The lowest BCUT2D eigenvalue weighted by molar-refractivity contribution is -0.154. The number of ketones is 1. The van der Waals surface area contributed by atoms with Crippen molar-refractivity contribution in [1.29, 1.82) is 0 Å². The summed E-state index contributed by atoms with van der Waals surface area (Å²) < 4.78 is 55.2. The van der Waals surface area contributed by atoms with Gasteiger partial charge in [-0.2, -0.15) is 28.1 Å². The van der Waals surface area contributed by atoms with E-state index in [2.05, 4.69) is 42.8 Å². The lowest BCUT2D eigenvalue weighted by Gasteiger charge is -2.25. The Hall–Kier alpha value is -5.86. The number of halogens is 3. The molecule has 0 saturated carbocycles. The van der Waals surface area contributed by atoms with Gasteiger partial charge in [-0.25, -0.2) is 0 Å². The Balaban J connectivity index is 1.31. The van der Waals surface area contributed by atoms with Crippen LogP contribution >= 0.6 is 0 Å². The molecule has 0 atom stereocenters. The van der Waals surface area contributed by atoms with Gasteiger partial charge in [0.1, 0.15) is 11.5 Å². The lowest BCUT2D eigenvalue weighted by atomic mass is 9.86. The van der Waals surface area contributed by atoms with E-state index in [-0.39, 0.29) is 42.2 Å². The monoisotopic (exact) mass is 719 g/mol. The molecule has 274 valence electrons. The molecule has 0 saturated heterocycles. The molecular formula is C37H40F3N7O5. The second-order valence-corrected chi connectivity index (χ2v) is 12.8. The minimum Gasteiger partial charge on any atom is -0.493 e. The van der Waals surface area contributed by atoms with Crippen molar-refractivity contribution in [3.8, 4) is 17.5 Å². The van der Waals surface area contributed by atoms with Crippen molar-refractivity contribution in [3.63, 3.8) is 0 Å². The van der Waals surface area contributed by atoms with Crippen LogP contribution in [0.2, 0.25) is 0 Å². The van der Waals surface area contributed by atoms with Crippen LogP contribution in [0.5, 0.6) is 17.5 Å². The molecule has 4 aliphatic heterocycles. The molecule has 0 aliphatic carbocycles. The number of alkyl halides is 3. The van der Waals surface area contributed by atoms with Gasteiger partial charge in [0.2, 0.25) is 11.9 Å². The molecule has 15 heteroatoms. The number of amides is 1. The zero-order chi connectivity index (χ0) is 37.1. The van der Waals surface area contributed by atoms with Crippen molar-refractivity contribution in [3.05, 3.63) is 96.2 Å². The number of rotatable bonds is 2. The maximum absolute atomic E-state index is 13.0. The summed E-state index contributed by atoms with van der Waals surface area (Å²) in [5, 5.41) is 11.8. The average Bonchev–Trinajstić information content (AvgIpc) is 3.12. The number of carbonyl (C=O) groups excluding carboxylic acids is 2. The second-order valence-electron chi connectivity index (χ2n) is 12.8. The predicted molar refractivity (Wildman–Crippen MR) is 190 cm³/mol. The van der Waals surface area contributed by atoms with Crippen LogP contribution in [0.15, 0.2) is 85.1 Å². The van der Waals surface area contributed by atoms with E-state index in [9.17, 15) is 22.8 Å². The van der Waals surface area contributed by atoms with Crippen LogP contribution in [0, 0.1) is 5.41 Å². The topological polar surface area (TPSA) is 149 Å². The third-order valence-corrected chi connectivity index (χ3v) is 7.82. The summed E-state index contributed by atoms with van der Waals surface area (Å²) in [6.07, 6.45) is -3.22. The van der Waals surface area contributed by atoms with Crippen LogP contribution in [-0.4, -0.2) is 59.2 Å². The molecule has 0 fully saturated rings. The molecule has 4 aromatic rings. The van der Waals surface area contributed by atoms with Gasteiger partial charge in [-0.15, -0.1) is 0 Å². The van der Waals surface area contributed by atoms with Crippen LogP contribution < -0.4 is 35.5 Å². The van der Waals surface area contributed by atoms with E-state index >= 15 is 0 Å². The van der Waals surface area contributed by atoms with Gasteiger partial charge in [-0.3, -0.25) is 9.59 Å². The summed E-state index contributed by atoms with van der Waals surface area (Å²) in [4.78, 5) is 38.1. The summed E-state index contributed by atoms with van der Waals surface area (Å²) in [6, 6.07) is 20.5. The number of ether oxygens (including phenoxy) is 3. The van der Waals surface area contributed by atoms with E-state index in [1.165, 1.54) is 0 Å². The molecule has 1 aromatic heterocycles. The number of fused-ring (bicyclic) bond motifs is 3. The zero-order valence-corrected chi connectivity index (χ0v) is 28.8. The quantitative estimate of drug-likeness (QED) is 0.158. The van der Waals surface area contributed by atoms with Gasteiger partial charge in [-0.05, 0) is 78.1 Å². The number of nitrogens with zero attached hydrogens (tertiary/aromatic N) is 3. The number of nitrogens with one attached hydrogen (secondary N) is 4. The summed E-state index contributed by atoms with van der Waals surface area (Å²) in [5.41, 5.74) is 2.25. The van der Waals surface area contributed by atoms with Crippen molar-refractivity contribution in [1.82, 2.24) is 20.3 Å². The van der Waals surface area contributed by atoms with Crippen molar-refractivity contribution >= 4 is 35.0 Å². The molecule has 52 heavy (non-hydrogen) atoms. The number of aromatic nitrogens is 3. The van der Waals surface area contributed by atoms with E-state index < -0.39 is 24.2 Å². The molecule has 1 amide bonds. The van der Waals surface area contributed by atoms with Crippen LogP contribution in [0.1, 0.15) is 49.0 Å². The van der Waals surface area contributed by atoms with E-state index in [0.717, 1.165) is 5.56 Å². The highest BCUT2D eigenvalue weighted by molar-refractivity contribution is 5.96. The van der Waals surface area contributed by atoms with Gasteiger partial charge in [0.05, 0.1) is 18.9 Å². The number of benzene rings is 3. The molecule has 3 aromatic carbocycles. The highest BCUT2D eigenvalue weighted by Gasteiger charge is 2.29. The van der Waals surface area contributed by atoms with Crippen molar-refractivity contribution in [2.24, 2.45) is 5.41 Å². The fourth-order valence-corrected chi connectivity index (χ4v) is 4.87. The Kier molecular flexibility index (Phi) is 12.2. The van der Waals surface area contributed by atoms with Gasteiger partial charge in [0.15, 0.2) is 12.4 Å². The lowest BCUT2D eigenvalue weighted by Crippen LogP contribution is -2.36. The van der Waals surface area contributed by atoms with E-state index in [0.29, 0.717) is 61.0 Å². The summed E-state index contributed by atoms with van der Waals surface area (Å²) in [5.74, 6) is 0.789. The number of anilines is 4. The Bertz CT molecular complexity index is 1830. The Labute approximate surface area is 299 Å². The first-order valence-electron chi connectivity index (χ1n) is 16.6. The number of hydrogen-bond acceptors (Lipinski definition) is 11. The van der Waals surface area contributed by atoms with E-state index in [1.807, 2.05) is 26.0 Å². The molecule has 4 N–H and O–H groups in total. The van der Waals surface area contributed by atoms with Crippen molar-refractivity contribution < 1.29 is 37.0 Å². The van der Waals surface area contributed by atoms with Gasteiger partial charge < -0.3 is 35.5 Å². The van der Waals surface area contributed by atoms with Gasteiger partial charge >= 0.3 is 12.2 Å². The predicted octanol–water partition coefficient (Wildman–Crippen LogP) is 7.06. The maximum atomic E-state index is 13.0.